The van der Waals surface area contributed by atoms with Gasteiger partial charge in [0.05, 0.1) is 16.6 Å². The second-order valence-electron chi connectivity index (χ2n) is 6.05. The lowest BCUT2D eigenvalue weighted by atomic mass is 10.0. The van der Waals surface area contributed by atoms with E-state index in [1.54, 1.807) is 10.6 Å². The van der Waals surface area contributed by atoms with Gasteiger partial charge in [-0.2, -0.15) is 0 Å². The number of hydrogen-bond donors (Lipinski definition) is 0. The van der Waals surface area contributed by atoms with Crippen LogP contribution in [0.4, 0.5) is 4.39 Å². The van der Waals surface area contributed by atoms with Crippen LogP contribution in [-0.2, 0) is 6.42 Å². The number of rotatable bonds is 2. The number of aryl methyl sites for hydroxylation is 4. The number of hydrogen-bond acceptors (Lipinski definition) is 2. The highest BCUT2D eigenvalue weighted by Crippen LogP contribution is 2.23. The third-order valence-electron chi connectivity index (χ3n) is 4.15. The highest BCUT2D eigenvalue weighted by atomic mass is 127. The molecule has 124 valence electrons. The van der Waals surface area contributed by atoms with E-state index in [1.165, 1.54) is 6.07 Å². The summed E-state index contributed by atoms with van der Waals surface area (Å²) in [5, 5.41) is 0.442. The van der Waals surface area contributed by atoms with E-state index in [9.17, 15) is 9.18 Å². The van der Waals surface area contributed by atoms with Crippen molar-refractivity contribution in [1.82, 2.24) is 9.55 Å². The SMILES string of the molecule is CCc1nc2cc(F)c(I)cc2c(=O)n1-c1c(C)cc(C)cc1C. The Labute approximate surface area is 153 Å². The van der Waals surface area contributed by atoms with Crippen molar-refractivity contribution in [3.8, 4) is 5.69 Å². The van der Waals surface area contributed by atoms with Crippen molar-refractivity contribution < 1.29 is 4.39 Å². The number of fused-ring (bicyclic) bond motifs is 1. The average Bonchev–Trinajstić information content (AvgIpc) is 2.50. The minimum absolute atomic E-state index is 0.148. The van der Waals surface area contributed by atoms with E-state index in [4.69, 9.17) is 0 Å². The van der Waals surface area contributed by atoms with Gasteiger partial charge in [0.25, 0.3) is 5.56 Å². The monoisotopic (exact) mass is 436 g/mol. The zero-order valence-corrected chi connectivity index (χ0v) is 16.2. The van der Waals surface area contributed by atoms with Crippen molar-refractivity contribution in [3.05, 3.63) is 66.5 Å². The molecule has 2 aromatic carbocycles. The predicted molar refractivity (Wildman–Crippen MR) is 104 cm³/mol. The van der Waals surface area contributed by atoms with Gasteiger partial charge in [0.2, 0.25) is 0 Å². The Morgan fingerprint density at radius 3 is 2.33 bits per heavy atom. The molecule has 0 atom stereocenters. The molecule has 1 aromatic heterocycles. The van der Waals surface area contributed by atoms with E-state index >= 15 is 0 Å². The molecule has 0 bridgehead atoms. The van der Waals surface area contributed by atoms with Crippen LogP contribution in [0.1, 0.15) is 29.4 Å². The average molecular weight is 436 g/mol. The van der Waals surface area contributed by atoms with Crippen LogP contribution in [0, 0.1) is 30.2 Å². The summed E-state index contributed by atoms with van der Waals surface area (Å²) in [6.45, 7) is 7.99. The molecule has 0 radical (unpaired) electrons. The van der Waals surface area contributed by atoms with E-state index in [1.807, 2.05) is 50.3 Å². The van der Waals surface area contributed by atoms with Gasteiger partial charge in [-0.25, -0.2) is 9.37 Å². The zero-order chi connectivity index (χ0) is 17.6. The van der Waals surface area contributed by atoms with Gasteiger partial charge in [0.15, 0.2) is 0 Å². The van der Waals surface area contributed by atoms with Crippen LogP contribution in [0.2, 0.25) is 0 Å². The van der Waals surface area contributed by atoms with Crippen LogP contribution >= 0.6 is 22.6 Å². The van der Waals surface area contributed by atoms with Crippen molar-refractivity contribution in [2.75, 3.05) is 0 Å². The molecule has 3 nitrogen and oxygen atoms in total. The molecule has 0 saturated carbocycles. The molecule has 1 heterocycles. The maximum Gasteiger partial charge on any atom is 0.266 e. The third-order valence-corrected chi connectivity index (χ3v) is 4.98. The molecule has 3 rings (SSSR count). The summed E-state index contributed by atoms with van der Waals surface area (Å²) in [6, 6.07) is 7.05. The largest absolute Gasteiger partial charge is 0.268 e. The number of nitrogens with zero attached hydrogens (tertiary/aromatic N) is 2. The Morgan fingerprint density at radius 2 is 1.75 bits per heavy atom. The highest BCUT2D eigenvalue weighted by Gasteiger charge is 2.16. The van der Waals surface area contributed by atoms with Crippen molar-refractivity contribution >= 4 is 33.5 Å². The molecular weight excluding hydrogens is 418 g/mol. The van der Waals surface area contributed by atoms with Crippen LogP contribution in [0.25, 0.3) is 16.6 Å². The van der Waals surface area contributed by atoms with Crippen molar-refractivity contribution in [3.63, 3.8) is 0 Å². The molecule has 0 N–H and O–H groups in total. The standard InChI is InChI=1S/C19H18FIN2O/c1-5-17-22-16-9-14(20)15(21)8-13(16)19(24)23(17)18-11(3)6-10(2)7-12(18)4/h6-9H,5H2,1-4H3. The Kier molecular flexibility index (Phi) is 4.46. The fraction of sp³-hybridized carbons (Fsp3) is 0.263. The van der Waals surface area contributed by atoms with E-state index in [-0.39, 0.29) is 11.4 Å². The molecule has 0 spiro atoms. The van der Waals surface area contributed by atoms with E-state index < -0.39 is 0 Å². The van der Waals surface area contributed by atoms with Crippen molar-refractivity contribution in [2.24, 2.45) is 0 Å². The smallest absolute Gasteiger partial charge is 0.266 e. The summed E-state index contributed by atoms with van der Waals surface area (Å²) in [5.74, 6) is 0.292. The molecule has 0 aliphatic carbocycles. The molecule has 0 amide bonds. The van der Waals surface area contributed by atoms with Crippen LogP contribution in [0.15, 0.2) is 29.1 Å². The second kappa shape index (κ2) is 6.27. The van der Waals surface area contributed by atoms with Gasteiger partial charge in [-0.3, -0.25) is 9.36 Å². The quantitative estimate of drug-likeness (QED) is 0.550. The zero-order valence-electron chi connectivity index (χ0n) is 14.1. The lowest BCUT2D eigenvalue weighted by molar-refractivity contribution is 0.621. The normalized spacial score (nSPS) is 11.2. The van der Waals surface area contributed by atoms with Gasteiger partial charge in [-0.05, 0) is 60.6 Å². The van der Waals surface area contributed by atoms with Crippen molar-refractivity contribution in [2.45, 2.75) is 34.1 Å². The Balaban J connectivity index is 2.47. The molecule has 0 saturated heterocycles. The molecule has 0 aliphatic heterocycles. The van der Waals surface area contributed by atoms with Gasteiger partial charge in [0, 0.05) is 16.1 Å². The van der Waals surface area contributed by atoms with Crippen LogP contribution in [0.5, 0.6) is 0 Å². The first-order chi connectivity index (χ1) is 11.3. The van der Waals surface area contributed by atoms with E-state index in [0.717, 1.165) is 22.4 Å². The number of benzene rings is 2. The maximum atomic E-state index is 13.9. The summed E-state index contributed by atoms with van der Waals surface area (Å²) in [7, 11) is 0. The summed E-state index contributed by atoms with van der Waals surface area (Å²) in [5.41, 5.74) is 4.35. The summed E-state index contributed by atoms with van der Waals surface area (Å²) >= 11 is 1.90. The van der Waals surface area contributed by atoms with Gasteiger partial charge in [-0.1, -0.05) is 24.6 Å². The molecular formula is C19H18FIN2O. The summed E-state index contributed by atoms with van der Waals surface area (Å²) in [4.78, 5) is 17.7. The highest BCUT2D eigenvalue weighted by molar-refractivity contribution is 14.1. The van der Waals surface area contributed by atoms with Crippen LogP contribution < -0.4 is 5.56 Å². The second-order valence-corrected chi connectivity index (χ2v) is 7.22. The number of aromatic nitrogens is 2. The fourth-order valence-electron chi connectivity index (χ4n) is 3.22. The summed E-state index contributed by atoms with van der Waals surface area (Å²) < 4.78 is 16.0. The fourth-order valence-corrected chi connectivity index (χ4v) is 3.69. The number of halogens is 2. The molecule has 3 aromatic rings. The van der Waals surface area contributed by atoms with Gasteiger partial charge in [0.1, 0.15) is 11.6 Å². The first-order valence-corrected chi connectivity index (χ1v) is 8.90. The Hall–Kier alpha value is -1.76. The van der Waals surface area contributed by atoms with Gasteiger partial charge >= 0.3 is 0 Å². The molecule has 0 fully saturated rings. The first kappa shape index (κ1) is 17.1. The van der Waals surface area contributed by atoms with Crippen LogP contribution in [0.3, 0.4) is 0 Å². The topological polar surface area (TPSA) is 34.9 Å². The minimum atomic E-state index is -0.350. The molecule has 5 heteroatoms. The Bertz CT molecular complexity index is 1000. The van der Waals surface area contributed by atoms with Crippen LogP contribution in [-0.4, -0.2) is 9.55 Å². The lowest BCUT2D eigenvalue weighted by Crippen LogP contribution is -2.25. The van der Waals surface area contributed by atoms with E-state index in [0.29, 0.717) is 26.7 Å². The lowest BCUT2D eigenvalue weighted by Gasteiger charge is -2.18. The minimum Gasteiger partial charge on any atom is -0.268 e. The van der Waals surface area contributed by atoms with Gasteiger partial charge in [-0.15, -0.1) is 0 Å². The molecule has 24 heavy (non-hydrogen) atoms. The van der Waals surface area contributed by atoms with E-state index in [2.05, 4.69) is 17.1 Å². The third kappa shape index (κ3) is 2.75. The predicted octanol–water partition coefficient (Wildman–Crippen LogP) is 4.62. The molecule has 0 aliphatic rings. The maximum absolute atomic E-state index is 13.9. The molecule has 0 unspecified atom stereocenters. The first-order valence-electron chi connectivity index (χ1n) is 7.82. The van der Waals surface area contributed by atoms with Crippen molar-refractivity contribution in [1.29, 1.82) is 0 Å². The summed E-state index contributed by atoms with van der Waals surface area (Å²) in [6.07, 6.45) is 0.589. The van der Waals surface area contributed by atoms with Gasteiger partial charge < -0.3 is 0 Å². The Morgan fingerprint density at radius 1 is 1.12 bits per heavy atom.